The van der Waals surface area contributed by atoms with Crippen molar-refractivity contribution >= 4 is 29.5 Å². The zero-order valence-corrected chi connectivity index (χ0v) is 19.7. The number of nitrogens with zero attached hydrogens (tertiary/aromatic N) is 5. The second kappa shape index (κ2) is 7.97. The minimum absolute atomic E-state index is 0.0454. The SMILES string of the molecule is CNC(=O)[C@@H]1CC2(CC2)CN1C(=O)c1cn(-c2ccc3c(c2)CN(C2CCC(=O)NC2=O)C3=O)nn1. The highest BCUT2D eigenvalue weighted by Crippen LogP contribution is 2.55. The summed E-state index contributed by atoms with van der Waals surface area (Å²) in [5, 5.41) is 13.1. The third-order valence-electron chi connectivity index (χ3n) is 7.76. The monoisotopic (exact) mass is 491 g/mol. The fraction of sp³-hybridized carbons (Fsp3) is 0.458. The molecule has 36 heavy (non-hydrogen) atoms. The Labute approximate surface area is 206 Å². The number of benzene rings is 1. The van der Waals surface area contributed by atoms with Gasteiger partial charge < -0.3 is 15.1 Å². The standard InChI is InChI=1S/C24H25N7O5/c1-25-20(33)18-9-24(6-7-24)12-30(18)23(36)16-11-31(28-27-16)14-2-3-15-13(8-14)10-29(22(15)35)17-4-5-19(32)26-21(17)34/h2-3,8,11,17-18H,4-7,9-10,12H2,1H3,(H,25,33)(H,26,32,34)/t17?,18-/m0/s1. The molecule has 1 aliphatic carbocycles. The summed E-state index contributed by atoms with van der Waals surface area (Å²) >= 11 is 0. The van der Waals surface area contributed by atoms with Gasteiger partial charge in [0.2, 0.25) is 17.7 Å². The maximum Gasteiger partial charge on any atom is 0.276 e. The molecule has 4 aliphatic rings. The summed E-state index contributed by atoms with van der Waals surface area (Å²) in [7, 11) is 1.57. The molecule has 6 rings (SSSR count). The molecule has 1 saturated carbocycles. The Balaban J connectivity index is 1.21. The molecule has 3 fully saturated rings. The van der Waals surface area contributed by atoms with Crippen LogP contribution in [0.4, 0.5) is 0 Å². The van der Waals surface area contributed by atoms with Crippen molar-refractivity contribution in [3.05, 3.63) is 41.2 Å². The van der Waals surface area contributed by atoms with Crippen molar-refractivity contribution in [1.29, 1.82) is 0 Å². The van der Waals surface area contributed by atoms with Crippen LogP contribution < -0.4 is 10.6 Å². The van der Waals surface area contributed by atoms with Gasteiger partial charge in [0, 0.05) is 32.1 Å². The van der Waals surface area contributed by atoms with E-state index in [1.807, 2.05) is 0 Å². The molecule has 3 aliphatic heterocycles. The lowest BCUT2D eigenvalue weighted by atomic mass is 10.0. The minimum atomic E-state index is -0.690. The summed E-state index contributed by atoms with van der Waals surface area (Å²) in [5.41, 5.74) is 2.01. The van der Waals surface area contributed by atoms with E-state index in [4.69, 9.17) is 0 Å². The van der Waals surface area contributed by atoms with Crippen molar-refractivity contribution in [2.45, 2.75) is 50.7 Å². The molecule has 1 spiro atoms. The average Bonchev–Trinajstić information content (AvgIpc) is 3.19. The van der Waals surface area contributed by atoms with Gasteiger partial charge in [-0.05, 0) is 54.9 Å². The van der Waals surface area contributed by atoms with E-state index in [2.05, 4.69) is 20.9 Å². The molecule has 2 saturated heterocycles. The number of rotatable bonds is 4. The summed E-state index contributed by atoms with van der Waals surface area (Å²) in [6.45, 7) is 0.770. The zero-order valence-electron chi connectivity index (χ0n) is 19.7. The summed E-state index contributed by atoms with van der Waals surface area (Å²) in [4.78, 5) is 65.4. The summed E-state index contributed by atoms with van der Waals surface area (Å²) in [6, 6.07) is 3.95. The third-order valence-corrected chi connectivity index (χ3v) is 7.76. The lowest BCUT2D eigenvalue weighted by Crippen LogP contribution is -2.52. The molecule has 1 unspecified atom stereocenters. The maximum atomic E-state index is 13.3. The minimum Gasteiger partial charge on any atom is -0.357 e. The van der Waals surface area contributed by atoms with E-state index in [-0.39, 0.29) is 47.7 Å². The van der Waals surface area contributed by atoms with Crippen LogP contribution in [0.2, 0.25) is 0 Å². The Hall–Kier alpha value is -4.09. The maximum absolute atomic E-state index is 13.3. The quantitative estimate of drug-likeness (QED) is 0.562. The number of fused-ring (bicyclic) bond motifs is 1. The molecule has 2 atom stereocenters. The van der Waals surface area contributed by atoms with Gasteiger partial charge in [-0.1, -0.05) is 5.21 Å². The summed E-state index contributed by atoms with van der Waals surface area (Å²) < 4.78 is 1.46. The van der Waals surface area contributed by atoms with E-state index in [1.54, 1.807) is 30.1 Å². The van der Waals surface area contributed by atoms with Gasteiger partial charge in [0.05, 0.1) is 11.9 Å². The van der Waals surface area contributed by atoms with Gasteiger partial charge >= 0.3 is 0 Å². The predicted molar refractivity (Wildman–Crippen MR) is 123 cm³/mol. The van der Waals surface area contributed by atoms with E-state index in [1.165, 1.54) is 15.8 Å². The lowest BCUT2D eigenvalue weighted by molar-refractivity contribution is -0.137. The first-order chi connectivity index (χ1) is 17.3. The molecule has 1 aromatic carbocycles. The fourth-order valence-electron chi connectivity index (χ4n) is 5.55. The number of carbonyl (C=O) groups excluding carboxylic acids is 5. The van der Waals surface area contributed by atoms with Crippen molar-refractivity contribution in [3.8, 4) is 5.69 Å². The molecular formula is C24H25N7O5. The molecule has 186 valence electrons. The molecule has 0 bridgehead atoms. The van der Waals surface area contributed by atoms with Crippen molar-refractivity contribution in [2.75, 3.05) is 13.6 Å². The first kappa shape index (κ1) is 22.4. The summed E-state index contributed by atoms with van der Waals surface area (Å²) in [5.74, 6) is -1.56. The number of likely N-dealkylation sites (tertiary alicyclic amines) is 1. The van der Waals surface area contributed by atoms with Gasteiger partial charge in [-0.3, -0.25) is 29.3 Å². The molecule has 4 heterocycles. The number of carbonyl (C=O) groups is 5. The van der Waals surface area contributed by atoms with Crippen molar-refractivity contribution in [3.63, 3.8) is 0 Å². The van der Waals surface area contributed by atoms with E-state index in [0.717, 1.165) is 18.4 Å². The molecule has 1 aromatic heterocycles. The molecular weight excluding hydrogens is 466 g/mol. The number of imide groups is 1. The van der Waals surface area contributed by atoms with Crippen LogP contribution in [0.5, 0.6) is 0 Å². The molecule has 0 radical (unpaired) electrons. The van der Waals surface area contributed by atoms with E-state index < -0.39 is 18.0 Å². The first-order valence-corrected chi connectivity index (χ1v) is 12.0. The third kappa shape index (κ3) is 3.55. The van der Waals surface area contributed by atoms with Crippen molar-refractivity contribution in [1.82, 2.24) is 35.4 Å². The van der Waals surface area contributed by atoms with Gasteiger partial charge in [0.1, 0.15) is 12.1 Å². The Bertz CT molecular complexity index is 1330. The summed E-state index contributed by atoms with van der Waals surface area (Å²) in [6.07, 6.45) is 4.70. The van der Waals surface area contributed by atoms with Crippen LogP contribution in [0.25, 0.3) is 5.69 Å². The molecule has 5 amide bonds. The second-order valence-electron chi connectivity index (χ2n) is 10.1. The van der Waals surface area contributed by atoms with E-state index in [0.29, 0.717) is 30.6 Å². The van der Waals surface area contributed by atoms with Gasteiger partial charge in [-0.25, -0.2) is 4.68 Å². The Morgan fingerprint density at radius 1 is 1.19 bits per heavy atom. The molecule has 2 N–H and O–H groups in total. The Kier molecular flexibility index (Phi) is 4.95. The number of hydrogen-bond donors (Lipinski definition) is 2. The Morgan fingerprint density at radius 2 is 2.00 bits per heavy atom. The van der Waals surface area contributed by atoms with Crippen LogP contribution in [0.1, 0.15) is 58.5 Å². The number of hydrogen-bond acceptors (Lipinski definition) is 7. The number of piperidine rings is 1. The molecule has 2 aromatic rings. The normalized spacial score (nSPS) is 24.2. The van der Waals surface area contributed by atoms with Crippen LogP contribution in [-0.2, 0) is 20.9 Å². The number of amides is 5. The van der Waals surface area contributed by atoms with Crippen LogP contribution in [-0.4, -0.2) is 80.0 Å². The first-order valence-electron chi connectivity index (χ1n) is 12.0. The highest BCUT2D eigenvalue weighted by Gasteiger charge is 2.55. The number of aromatic nitrogens is 3. The average molecular weight is 492 g/mol. The topological polar surface area (TPSA) is 147 Å². The lowest BCUT2D eigenvalue weighted by Gasteiger charge is -2.29. The van der Waals surface area contributed by atoms with Gasteiger partial charge in [0.15, 0.2) is 5.69 Å². The van der Waals surface area contributed by atoms with Crippen LogP contribution in [0, 0.1) is 5.41 Å². The van der Waals surface area contributed by atoms with Crippen LogP contribution in [0.3, 0.4) is 0 Å². The van der Waals surface area contributed by atoms with E-state index >= 15 is 0 Å². The smallest absolute Gasteiger partial charge is 0.276 e. The largest absolute Gasteiger partial charge is 0.357 e. The molecule has 12 nitrogen and oxygen atoms in total. The highest BCUT2D eigenvalue weighted by atomic mass is 16.2. The highest BCUT2D eigenvalue weighted by molar-refractivity contribution is 6.05. The van der Waals surface area contributed by atoms with Gasteiger partial charge in [-0.2, -0.15) is 0 Å². The van der Waals surface area contributed by atoms with E-state index in [9.17, 15) is 24.0 Å². The van der Waals surface area contributed by atoms with Crippen LogP contribution in [0.15, 0.2) is 24.4 Å². The van der Waals surface area contributed by atoms with Gasteiger partial charge in [-0.15, -0.1) is 5.10 Å². The fourth-order valence-corrected chi connectivity index (χ4v) is 5.55. The van der Waals surface area contributed by atoms with Crippen molar-refractivity contribution in [2.24, 2.45) is 5.41 Å². The van der Waals surface area contributed by atoms with Crippen LogP contribution >= 0.6 is 0 Å². The number of likely N-dealkylation sites (N-methyl/N-ethyl adjacent to an activating group) is 1. The second-order valence-corrected chi connectivity index (χ2v) is 10.1. The predicted octanol–water partition coefficient (Wildman–Crippen LogP) is -0.231. The number of nitrogens with one attached hydrogen (secondary N) is 2. The van der Waals surface area contributed by atoms with Gasteiger partial charge in [0.25, 0.3) is 11.8 Å². The zero-order chi connectivity index (χ0) is 25.2. The molecule has 12 heteroatoms. The Morgan fingerprint density at radius 3 is 2.72 bits per heavy atom. The van der Waals surface area contributed by atoms with Crippen molar-refractivity contribution < 1.29 is 24.0 Å².